The van der Waals surface area contributed by atoms with Gasteiger partial charge in [-0.1, -0.05) is 17.7 Å². The largest absolute Gasteiger partial charge is 0.444 e. The zero-order valence-electron chi connectivity index (χ0n) is 15.6. The van der Waals surface area contributed by atoms with Gasteiger partial charge in [-0.15, -0.1) is 0 Å². The van der Waals surface area contributed by atoms with Crippen molar-refractivity contribution >= 4 is 23.4 Å². The quantitative estimate of drug-likeness (QED) is 0.860. The minimum Gasteiger partial charge on any atom is -0.444 e. The predicted molar refractivity (Wildman–Crippen MR) is 101 cm³/mol. The number of nitrogens with one attached hydrogen (secondary N) is 1. The Morgan fingerprint density at radius 2 is 2.04 bits per heavy atom. The van der Waals surface area contributed by atoms with Crippen LogP contribution in [0.4, 0.5) is 10.5 Å². The van der Waals surface area contributed by atoms with Crippen LogP contribution in [0.1, 0.15) is 38.8 Å². The highest BCUT2D eigenvalue weighted by Gasteiger charge is 2.32. The van der Waals surface area contributed by atoms with Gasteiger partial charge in [-0.2, -0.15) is 0 Å². The molecule has 1 aromatic rings. The molecule has 26 heavy (non-hydrogen) atoms. The maximum Gasteiger partial charge on any atom is 0.410 e. The molecule has 0 aliphatic carbocycles. The zero-order valence-corrected chi connectivity index (χ0v) is 16.3. The Hall–Kier alpha value is -1.50. The van der Waals surface area contributed by atoms with Gasteiger partial charge in [0, 0.05) is 23.9 Å². The summed E-state index contributed by atoms with van der Waals surface area (Å²) in [5.41, 5.74) is 1.28. The van der Waals surface area contributed by atoms with Gasteiger partial charge in [-0.05, 0) is 44.9 Å². The van der Waals surface area contributed by atoms with Crippen LogP contribution in [-0.4, -0.2) is 55.6 Å². The minimum atomic E-state index is -0.544. The van der Waals surface area contributed by atoms with Crippen LogP contribution in [0.25, 0.3) is 0 Å². The van der Waals surface area contributed by atoms with E-state index in [-0.39, 0.29) is 12.1 Å². The Balaban J connectivity index is 1.79. The molecule has 2 saturated heterocycles. The van der Waals surface area contributed by atoms with Crippen molar-refractivity contribution in [2.75, 3.05) is 38.3 Å². The lowest BCUT2D eigenvalue weighted by atomic mass is 10.0. The molecule has 144 valence electrons. The molecule has 1 N–H and O–H groups in total. The predicted octanol–water partition coefficient (Wildman–Crippen LogP) is 3.85. The third kappa shape index (κ3) is 4.81. The molecule has 2 fully saturated rings. The lowest BCUT2D eigenvalue weighted by Gasteiger charge is -2.32. The Labute approximate surface area is 159 Å². The fraction of sp³-hybridized carbons (Fsp3) is 0.632. The molecule has 6 nitrogen and oxygen atoms in total. The van der Waals surface area contributed by atoms with Gasteiger partial charge in [0.15, 0.2) is 0 Å². The first kappa shape index (κ1) is 19.3. The molecule has 1 unspecified atom stereocenters. The highest BCUT2D eigenvalue weighted by atomic mass is 35.5. The Morgan fingerprint density at radius 3 is 2.65 bits per heavy atom. The number of hydrogen-bond acceptors (Lipinski definition) is 5. The lowest BCUT2D eigenvalue weighted by molar-refractivity contribution is 0.0119. The highest BCUT2D eigenvalue weighted by Crippen LogP contribution is 2.33. The van der Waals surface area contributed by atoms with Crippen LogP contribution in [0, 0.1) is 0 Å². The summed E-state index contributed by atoms with van der Waals surface area (Å²) in [5.74, 6) is 0. The summed E-state index contributed by atoms with van der Waals surface area (Å²) in [6.45, 7) is 8.63. The van der Waals surface area contributed by atoms with E-state index in [4.69, 9.17) is 25.8 Å². The average molecular weight is 383 g/mol. The first-order valence-electron chi connectivity index (χ1n) is 9.04. The van der Waals surface area contributed by atoms with Gasteiger partial charge in [0.1, 0.15) is 5.60 Å². The van der Waals surface area contributed by atoms with E-state index in [1.807, 2.05) is 39.0 Å². The van der Waals surface area contributed by atoms with Crippen molar-refractivity contribution in [3.63, 3.8) is 0 Å². The highest BCUT2D eigenvalue weighted by molar-refractivity contribution is 6.31. The van der Waals surface area contributed by atoms with Gasteiger partial charge >= 0.3 is 6.09 Å². The SMILES string of the molecule is CC(C)(C)OC(=O)N1CCCOCC1c1ccc(NC2COC2)cc1Cl. The summed E-state index contributed by atoms with van der Waals surface area (Å²) < 4.78 is 16.5. The topological polar surface area (TPSA) is 60.0 Å². The first-order valence-corrected chi connectivity index (χ1v) is 9.42. The minimum absolute atomic E-state index is 0.263. The molecular formula is C19H27ClN2O4. The van der Waals surface area contributed by atoms with Gasteiger partial charge in [0.25, 0.3) is 0 Å². The number of carbonyl (C=O) groups is 1. The summed E-state index contributed by atoms with van der Waals surface area (Å²) in [7, 11) is 0. The van der Waals surface area contributed by atoms with E-state index in [1.54, 1.807) is 4.90 Å². The van der Waals surface area contributed by atoms with Gasteiger partial charge in [0.05, 0.1) is 31.9 Å². The van der Waals surface area contributed by atoms with Gasteiger partial charge in [-0.3, -0.25) is 4.90 Å². The molecule has 2 heterocycles. The molecule has 0 bridgehead atoms. The van der Waals surface area contributed by atoms with Crippen LogP contribution in [0.15, 0.2) is 18.2 Å². The van der Waals surface area contributed by atoms with E-state index in [2.05, 4.69) is 5.32 Å². The number of rotatable bonds is 3. The zero-order chi connectivity index (χ0) is 18.7. The fourth-order valence-electron chi connectivity index (χ4n) is 3.02. The number of carbonyl (C=O) groups excluding carboxylic acids is 1. The van der Waals surface area contributed by atoms with Gasteiger partial charge in [-0.25, -0.2) is 4.79 Å². The van der Waals surface area contributed by atoms with Crippen LogP contribution < -0.4 is 5.32 Å². The van der Waals surface area contributed by atoms with Crippen molar-refractivity contribution in [3.05, 3.63) is 28.8 Å². The monoisotopic (exact) mass is 382 g/mol. The number of benzene rings is 1. The van der Waals surface area contributed by atoms with E-state index >= 15 is 0 Å². The maximum absolute atomic E-state index is 12.7. The number of amides is 1. The average Bonchev–Trinajstić information content (AvgIpc) is 2.75. The van der Waals surface area contributed by atoms with E-state index in [0.29, 0.717) is 44.0 Å². The first-order chi connectivity index (χ1) is 12.3. The molecule has 7 heteroatoms. The molecule has 0 aromatic heterocycles. The maximum atomic E-state index is 12.7. The Bertz CT molecular complexity index is 643. The second-order valence-electron chi connectivity index (χ2n) is 7.73. The van der Waals surface area contributed by atoms with Crippen molar-refractivity contribution in [1.29, 1.82) is 0 Å². The molecule has 0 radical (unpaired) electrons. The molecule has 1 aromatic carbocycles. The van der Waals surface area contributed by atoms with Crippen LogP contribution in [-0.2, 0) is 14.2 Å². The van der Waals surface area contributed by atoms with Gasteiger partial charge in [0.2, 0.25) is 0 Å². The fourth-order valence-corrected chi connectivity index (χ4v) is 3.32. The standard InChI is InChI=1S/C19H27ClN2O4/c1-19(2,3)26-18(23)22-7-4-8-24-12-17(22)15-6-5-13(9-16(15)20)21-14-10-25-11-14/h5-6,9,14,17,21H,4,7-8,10-12H2,1-3H3. The number of hydrogen-bond donors (Lipinski definition) is 1. The van der Waals surface area contributed by atoms with Crippen LogP contribution in [0.5, 0.6) is 0 Å². The third-order valence-corrected chi connectivity index (χ3v) is 4.66. The summed E-state index contributed by atoms with van der Waals surface area (Å²) >= 11 is 6.56. The smallest absolute Gasteiger partial charge is 0.410 e. The number of halogens is 1. The summed E-state index contributed by atoms with van der Waals surface area (Å²) in [6.07, 6.45) is 0.437. The molecule has 2 aliphatic heterocycles. The molecule has 1 atom stereocenters. The molecule has 0 saturated carbocycles. The van der Waals surface area contributed by atoms with Gasteiger partial charge < -0.3 is 19.5 Å². The lowest BCUT2D eigenvalue weighted by Crippen LogP contribution is -2.40. The molecule has 3 rings (SSSR count). The van der Waals surface area contributed by atoms with E-state index in [1.165, 1.54) is 0 Å². The van der Waals surface area contributed by atoms with Crippen molar-refractivity contribution in [1.82, 2.24) is 4.90 Å². The normalized spacial score (nSPS) is 21.7. The van der Waals surface area contributed by atoms with Crippen molar-refractivity contribution in [2.24, 2.45) is 0 Å². The Kier molecular flexibility index (Phi) is 5.95. The summed E-state index contributed by atoms with van der Waals surface area (Å²) in [4.78, 5) is 14.4. The van der Waals surface area contributed by atoms with Crippen LogP contribution >= 0.6 is 11.6 Å². The molecule has 1 amide bonds. The molecule has 2 aliphatic rings. The van der Waals surface area contributed by atoms with Crippen molar-refractivity contribution < 1.29 is 19.0 Å². The number of ether oxygens (including phenoxy) is 3. The van der Waals surface area contributed by atoms with E-state index in [9.17, 15) is 4.79 Å². The number of anilines is 1. The van der Waals surface area contributed by atoms with E-state index < -0.39 is 5.60 Å². The summed E-state index contributed by atoms with van der Waals surface area (Å²) in [6, 6.07) is 5.91. The summed E-state index contributed by atoms with van der Waals surface area (Å²) in [5, 5.41) is 3.99. The van der Waals surface area contributed by atoms with Crippen LogP contribution in [0.3, 0.4) is 0 Å². The van der Waals surface area contributed by atoms with Crippen molar-refractivity contribution in [3.8, 4) is 0 Å². The second kappa shape index (κ2) is 8.03. The van der Waals surface area contributed by atoms with Crippen molar-refractivity contribution in [2.45, 2.75) is 44.9 Å². The Morgan fingerprint density at radius 1 is 1.27 bits per heavy atom. The number of nitrogens with zero attached hydrogens (tertiary/aromatic N) is 1. The molecular weight excluding hydrogens is 356 g/mol. The second-order valence-corrected chi connectivity index (χ2v) is 8.14. The van der Waals surface area contributed by atoms with E-state index in [0.717, 1.165) is 17.7 Å². The molecule has 0 spiro atoms. The third-order valence-electron chi connectivity index (χ3n) is 4.34. The van der Waals surface area contributed by atoms with Crippen LogP contribution in [0.2, 0.25) is 5.02 Å².